The number of benzene rings is 4. The zero-order chi connectivity index (χ0) is 24.8. The van der Waals surface area contributed by atoms with Gasteiger partial charge in [-0.05, 0) is 77.1 Å². The van der Waals surface area contributed by atoms with E-state index in [-0.39, 0.29) is 11.8 Å². The Morgan fingerprint density at radius 3 is 2.43 bits per heavy atom. The van der Waals surface area contributed by atoms with Crippen molar-refractivity contribution in [3.63, 3.8) is 0 Å². The monoisotopic (exact) mass is 470 g/mol. The Balaban J connectivity index is 0.000000917. The van der Waals surface area contributed by atoms with E-state index in [1.165, 1.54) is 33.0 Å². The number of aromatic hydroxyl groups is 1. The van der Waals surface area contributed by atoms with Crippen LogP contribution < -0.4 is 0 Å². The van der Waals surface area contributed by atoms with Crippen LogP contribution in [0.5, 0.6) is 5.75 Å². The Morgan fingerprint density at radius 2 is 1.69 bits per heavy atom. The van der Waals surface area contributed by atoms with Crippen molar-refractivity contribution in [3.8, 4) is 5.75 Å². The lowest BCUT2D eigenvalue weighted by Crippen LogP contribution is -2.33. The van der Waals surface area contributed by atoms with Crippen molar-refractivity contribution in [1.82, 2.24) is 4.90 Å². The van der Waals surface area contributed by atoms with Crippen LogP contribution in [0.2, 0.25) is 0 Å². The van der Waals surface area contributed by atoms with E-state index in [4.69, 9.17) is 4.99 Å². The minimum Gasteiger partial charge on any atom is -0.508 e. The lowest BCUT2D eigenvalue weighted by atomic mass is 9.93. The van der Waals surface area contributed by atoms with Crippen molar-refractivity contribution in [2.45, 2.75) is 25.9 Å². The molecule has 0 fully saturated rings. The Labute approximate surface area is 206 Å². The lowest BCUT2D eigenvalue weighted by Gasteiger charge is -2.28. The van der Waals surface area contributed by atoms with Gasteiger partial charge < -0.3 is 5.11 Å². The van der Waals surface area contributed by atoms with Crippen molar-refractivity contribution in [1.29, 1.82) is 0 Å². The molecule has 0 radical (unpaired) electrons. The maximum Gasteiger partial charge on any atom is 0.115 e. The molecule has 0 aliphatic carbocycles. The van der Waals surface area contributed by atoms with Gasteiger partial charge in [0.1, 0.15) is 5.75 Å². The number of hydrogen-bond donors (Lipinski definition) is 1. The highest BCUT2D eigenvalue weighted by molar-refractivity contribution is 6.14. The molecule has 5 rings (SSSR count). The van der Waals surface area contributed by atoms with Gasteiger partial charge in [-0.1, -0.05) is 60.2 Å². The van der Waals surface area contributed by atoms with Crippen molar-refractivity contribution in [2.75, 3.05) is 20.7 Å². The van der Waals surface area contributed by atoms with Gasteiger partial charge in [0.15, 0.2) is 0 Å². The molecule has 0 aromatic heterocycles. The van der Waals surface area contributed by atoms with Crippen LogP contribution >= 0.6 is 0 Å². The molecular formula is C30H31FN2O2. The summed E-state index contributed by atoms with van der Waals surface area (Å²) in [6.07, 6.45) is 0.887. The molecule has 4 nitrogen and oxygen atoms in total. The summed E-state index contributed by atoms with van der Waals surface area (Å²) in [5.41, 5.74) is 7.07. The maximum absolute atomic E-state index is 9.82. The number of hydrogen-bond acceptors (Lipinski definition) is 4. The fourth-order valence-electron chi connectivity index (χ4n) is 4.65. The fraction of sp³-hybridized carbons (Fsp3) is 0.233. The van der Waals surface area contributed by atoms with E-state index in [9.17, 15) is 9.63 Å². The molecule has 4 aromatic rings. The number of phenols is 1. The van der Waals surface area contributed by atoms with Crippen LogP contribution in [-0.2, 0) is 17.9 Å². The summed E-state index contributed by atoms with van der Waals surface area (Å²) in [5.74, 6) is 0.275. The highest BCUT2D eigenvalue weighted by atomic mass is 19.3. The van der Waals surface area contributed by atoms with E-state index < -0.39 is 0 Å². The van der Waals surface area contributed by atoms with Crippen LogP contribution in [0, 0.1) is 6.92 Å². The summed E-state index contributed by atoms with van der Waals surface area (Å²) >= 11 is 0. The van der Waals surface area contributed by atoms with Crippen molar-refractivity contribution in [3.05, 3.63) is 113 Å². The van der Waals surface area contributed by atoms with Crippen molar-refractivity contribution < 1.29 is 14.6 Å². The second-order valence-electron chi connectivity index (χ2n) is 9.08. The average molecular weight is 471 g/mol. The molecule has 1 atom stereocenters. The van der Waals surface area contributed by atoms with E-state index in [1.54, 1.807) is 12.1 Å². The summed E-state index contributed by atoms with van der Waals surface area (Å²) in [6, 6.07) is 29.5. The molecule has 1 aliphatic rings. The largest absolute Gasteiger partial charge is 0.508 e. The van der Waals surface area contributed by atoms with Crippen molar-refractivity contribution >= 4 is 16.5 Å². The minimum atomic E-state index is 0.138. The maximum atomic E-state index is 9.82. The molecule has 35 heavy (non-hydrogen) atoms. The van der Waals surface area contributed by atoms with Gasteiger partial charge in [0.25, 0.3) is 0 Å². The first kappa shape index (κ1) is 24.6. The Kier molecular flexibility index (Phi) is 7.91. The quantitative estimate of drug-likeness (QED) is 0.384. The van der Waals surface area contributed by atoms with E-state index in [0.717, 1.165) is 37.9 Å². The predicted octanol–water partition coefficient (Wildman–Crippen LogP) is 6.27. The summed E-state index contributed by atoms with van der Waals surface area (Å²) < 4.78 is 9.79. The first-order chi connectivity index (χ1) is 17.0. The van der Waals surface area contributed by atoms with Crippen LogP contribution in [0.25, 0.3) is 10.8 Å². The number of aryl methyl sites for hydroxylation is 1. The molecule has 1 N–H and O–H groups in total. The van der Waals surface area contributed by atoms with Crippen LogP contribution in [0.1, 0.15) is 27.8 Å². The number of halogens is 1. The molecule has 1 unspecified atom stereocenters. The number of phenolic OH excluding ortho intramolecular Hbond substituents is 1. The van der Waals surface area contributed by atoms with Crippen LogP contribution in [0.3, 0.4) is 0 Å². The molecule has 4 aromatic carbocycles. The molecule has 0 amide bonds. The first-order valence-corrected chi connectivity index (χ1v) is 11.7. The number of fused-ring (bicyclic) bond motifs is 2. The highest BCUT2D eigenvalue weighted by Gasteiger charge is 2.21. The van der Waals surface area contributed by atoms with Crippen LogP contribution in [-0.4, -0.2) is 42.5 Å². The van der Waals surface area contributed by atoms with Gasteiger partial charge in [0.05, 0.1) is 18.9 Å². The Hall–Kier alpha value is -3.54. The summed E-state index contributed by atoms with van der Waals surface area (Å²) in [7, 11) is 3.14. The van der Waals surface area contributed by atoms with E-state index in [2.05, 4.69) is 84.5 Å². The smallest absolute Gasteiger partial charge is 0.115 e. The zero-order valence-electron chi connectivity index (χ0n) is 20.4. The molecule has 0 spiro atoms. The number of nitrogens with zero attached hydrogens (tertiary/aromatic N) is 2. The molecule has 0 bridgehead atoms. The summed E-state index contributed by atoms with van der Waals surface area (Å²) in [4.78, 5) is 10.5. The Morgan fingerprint density at radius 1 is 0.971 bits per heavy atom. The highest BCUT2D eigenvalue weighted by Crippen LogP contribution is 2.25. The van der Waals surface area contributed by atoms with Gasteiger partial charge in [-0.3, -0.25) is 9.89 Å². The number of likely N-dealkylation sites (N-methyl/N-ethyl adjacent to an activating group) is 1. The third-order valence-corrected chi connectivity index (χ3v) is 6.22. The second kappa shape index (κ2) is 11.3. The van der Waals surface area contributed by atoms with Gasteiger partial charge in [0, 0.05) is 24.2 Å². The predicted molar refractivity (Wildman–Crippen MR) is 141 cm³/mol. The van der Waals surface area contributed by atoms with Gasteiger partial charge in [-0.15, -0.1) is 0 Å². The number of aliphatic imine (C=N–C) groups is 1. The molecule has 0 saturated heterocycles. The lowest BCUT2D eigenvalue weighted by molar-refractivity contribution is -0.0960. The Bertz CT molecular complexity index is 1320. The van der Waals surface area contributed by atoms with Crippen molar-refractivity contribution in [2.24, 2.45) is 4.99 Å². The fourth-order valence-corrected chi connectivity index (χ4v) is 4.65. The van der Waals surface area contributed by atoms with Gasteiger partial charge in [-0.25, -0.2) is 0 Å². The van der Waals surface area contributed by atoms with Crippen LogP contribution in [0.4, 0.5) is 4.53 Å². The molecule has 1 heterocycles. The third-order valence-electron chi connectivity index (χ3n) is 6.22. The SMILES string of the molecule is COF.Cc1ccc2c(c1)C(c1ccc(O)cc1)=NC(Cc1ccc3ccccc3c1)CN(C)C2. The van der Waals surface area contributed by atoms with Gasteiger partial charge in [-0.2, -0.15) is 4.94 Å². The summed E-state index contributed by atoms with van der Waals surface area (Å²) in [5, 5.41) is 12.4. The zero-order valence-corrected chi connectivity index (χ0v) is 20.4. The van der Waals surface area contributed by atoms with E-state index in [1.807, 2.05) is 12.1 Å². The standard InChI is InChI=1S/C29H28N2O.CH3FO/c1-20-7-9-25-18-31(2)19-26(17-21-8-10-22-5-3-4-6-24(22)16-21)30-29(28(25)15-20)23-11-13-27(32)14-12-23;1-3-2/h3-16,26,32H,17-19H2,1-2H3;1H3. The average Bonchev–Trinajstić information content (AvgIpc) is 2.84. The minimum absolute atomic E-state index is 0.138. The molecule has 5 heteroatoms. The molecular weight excluding hydrogens is 439 g/mol. The van der Waals surface area contributed by atoms with E-state index in [0.29, 0.717) is 0 Å². The summed E-state index contributed by atoms with van der Waals surface area (Å²) in [6.45, 7) is 3.91. The number of rotatable bonds is 3. The molecule has 1 aliphatic heterocycles. The third kappa shape index (κ3) is 6.13. The van der Waals surface area contributed by atoms with Crippen LogP contribution in [0.15, 0.2) is 89.9 Å². The second-order valence-corrected chi connectivity index (χ2v) is 9.08. The van der Waals surface area contributed by atoms with Gasteiger partial charge in [0.2, 0.25) is 0 Å². The van der Waals surface area contributed by atoms with E-state index >= 15 is 0 Å². The first-order valence-electron chi connectivity index (χ1n) is 11.7. The normalized spacial score (nSPS) is 15.9. The molecule has 180 valence electrons. The van der Waals surface area contributed by atoms with Gasteiger partial charge >= 0.3 is 0 Å². The molecule has 0 saturated carbocycles. The topological polar surface area (TPSA) is 45.1 Å².